The van der Waals surface area contributed by atoms with Crippen LogP contribution in [0, 0.1) is 0 Å². The molecule has 1 aromatic rings. The third-order valence-corrected chi connectivity index (χ3v) is 3.19. The predicted molar refractivity (Wildman–Crippen MR) is 77.8 cm³/mol. The van der Waals surface area contributed by atoms with E-state index < -0.39 is 5.60 Å². The minimum Gasteiger partial charge on any atom is -0.489 e. The molecule has 2 rings (SSSR count). The van der Waals surface area contributed by atoms with Gasteiger partial charge in [0.1, 0.15) is 17.5 Å². The maximum absolute atomic E-state index is 11.8. The number of carbonyl (C=O) groups excluding carboxylic acids is 1. The number of aryl methyl sites for hydroxylation is 1. The van der Waals surface area contributed by atoms with Crippen molar-refractivity contribution in [3.8, 4) is 5.75 Å². The van der Waals surface area contributed by atoms with Crippen LogP contribution in [0.4, 0.5) is 0 Å². The van der Waals surface area contributed by atoms with Crippen molar-refractivity contribution in [3.05, 3.63) is 29.3 Å². The molecule has 0 bridgehead atoms. The van der Waals surface area contributed by atoms with Gasteiger partial charge >= 0.3 is 5.97 Å². The predicted octanol–water partition coefficient (Wildman–Crippen LogP) is 2.22. The summed E-state index contributed by atoms with van der Waals surface area (Å²) in [7, 11) is 0. The minimum absolute atomic E-state index is 0.110. The summed E-state index contributed by atoms with van der Waals surface area (Å²) >= 11 is 0. The number of hydrogen-bond acceptors (Lipinski definition) is 4. The van der Waals surface area contributed by atoms with Crippen molar-refractivity contribution in [2.45, 2.75) is 51.7 Å². The highest BCUT2D eigenvalue weighted by Crippen LogP contribution is 2.28. The summed E-state index contributed by atoms with van der Waals surface area (Å²) in [5.41, 5.74) is 7.30. The van der Waals surface area contributed by atoms with Gasteiger partial charge in [0.15, 0.2) is 0 Å². The van der Waals surface area contributed by atoms with Crippen LogP contribution in [0.3, 0.4) is 0 Å². The molecule has 0 aromatic heterocycles. The number of hydrogen-bond donors (Lipinski definition) is 1. The zero-order chi connectivity index (χ0) is 14.8. The Balaban J connectivity index is 2.03. The van der Waals surface area contributed by atoms with Crippen LogP contribution in [0.2, 0.25) is 0 Å². The van der Waals surface area contributed by atoms with Gasteiger partial charge in [-0.1, -0.05) is 12.1 Å². The van der Waals surface area contributed by atoms with Crippen LogP contribution in [-0.4, -0.2) is 24.2 Å². The third kappa shape index (κ3) is 3.97. The first kappa shape index (κ1) is 14.9. The molecule has 1 aromatic carbocycles. The topological polar surface area (TPSA) is 61.5 Å². The lowest BCUT2D eigenvalue weighted by atomic mass is 9.99. The second-order valence-electron chi connectivity index (χ2n) is 6.22. The van der Waals surface area contributed by atoms with Gasteiger partial charge in [-0.3, -0.25) is 4.79 Å². The van der Waals surface area contributed by atoms with Crippen molar-refractivity contribution in [1.29, 1.82) is 0 Å². The summed E-state index contributed by atoms with van der Waals surface area (Å²) in [6.07, 6.45) is 2.28. The summed E-state index contributed by atoms with van der Waals surface area (Å²) in [6.45, 7) is 6.16. The molecule has 1 heterocycles. The smallest absolute Gasteiger partial charge is 0.310 e. The number of fused-ring (bicyclic) bond motifs is 1. The van der Waals surface area contributed by atoms with Crippen molar-refractivity contribution >= 4 is 5.97 Å². The van der Waals surface area contributed by atoms with Crippen molar-refractivity contribution < 1.29 is 14.3 Å². The van der Waals surface area contributed by atoms with Gasteiger partial charge in [0.05, 0.1) is 6.42 Å². The van der Waals surface area contributed by atoms with E-state index in [0.717, 1.165) is 29.7 Å². The molecule has 0 amide bonds. The Labute approximate surface area is 120 Å². The van der Waals surface area contributed by atoms with Gasteiger partial charge in [-0.15, -0.1) is 0 Å². The molecule has 110 valence electrons. The van der Waals surface area contributed by atoms with Crippen LogP contribution in [0.1, 0.15) is 38.3 Å². The summed E-state index contributed by atoms with van der Waals surface area (Å²) in [4.78, 5) is 11.8. The molecule has 2 N–H and O–H groups in total. The number of benzene rings is 1. The van der Waals surface area contributed by atoms with Gasteiger partial charge in [0.2, 0.25) is 0 Å². The van der Waals surface area contributed by atoms with Crippen LogP contribution < -0.4 is 10.5 Å². The lowest BCUT2D eigenvalue weighted by Crippen LogP contribution is -2.30. The standard InChI is InChI=1S/C16H23NO3/c1-16(2,3)20-15(18)9-11-4-7-14-12(8-11)5-6-13(10-17)19-14/h4,7-8,13H,5-6,9-10,17H2,1-3H3/t13-/m0/s1. The molecule has 1 aliphatic rings. The SMILES string of the molecule is CC(C)(C)OC(=O)Cc1ccc2c(c1)CC[C@@H](CN)O2. The van der Waals surface area contributed by atoms with E-state index in [1.165, 1.54) is 0 Å². The van der Waals surface area contributed by atoms with Gasteiger partial charge in [-0.05, 0) is 50.8 Å². The summed E-state index contributed by atoms with van der Waals surface area (Å²) in [5.74, 6) is 0.689. The molecule has 1 atom stereocenters. The van der Waals surface area contributed by atoms with Crippen molar-refractivity contribution in [2.75, 3.05) is 6.54 Å². The first-order valence-electron chi connectivity index (χ1n) is 7.08. The lowest BCUT2D eigenvalue weighted by Gasteiger charge is -2.25. The maximum Gasteiger partial charge on any atom is 0.310 e. The molecular formula is C16H23NO3. The van der Waals surface area contributed by atoms with Crippen LogP contribution in [0.5, 0.6) is 5.75 Å². The van der Waals surface area contributed by atoms with Gasteiger partial charge in [0.25, 0.3) is 0 Å². The fourth-order valence-corrected chi connectivity index (χ4v) is 2.32. The molecule has 0 fully saturated rings. The van der Waals surface area contributed by atoms with Crippen LogP contribution in [0.25, 0.3) is 0 Å². The maximum atomic E-state index is 11.8. The Bertz CT molecular complexity index is 491. The zero-order valence-electron chi connectivity index (χ0n) is 12.4. The second-order valence-corrected chi connectivity index (χ2v) is 6.22. The molecule has 4 heteroatoms. The summed E-state index contributed by atoms with van der Waals surface area (Å²) in [6, 6.07) is 5.88. The Kier molecular flexibility index (Phi) is 4.33. The van der Waals surface area contributed by atoms with Crippen LogP contribution >= 0.6 is 0 Å². The Morgan fingerprint density at radius 3 is 2.85 bits per heavy atom. The van der Waals surface area contributed by atoms with E-state index in [9.17, 15) is 4.79 Å². The number of ether oxygens (including phenoxy) is 2. The summed E-state index contributed by atoms with van der Waals surface area (Å²) in [5, 5.41) is 0. The highest BCUT2D eigenvalue weighted by molar-refractivity contribution is 5.73. The van der Waals surface area contributed by atoms with Gasteiger partial charge in [-0.25, -0.2) is 0 Å². The first-order chi connectivity index (χ1) is 9.37. The molecule has 1 aliphatic heterocycles. The van der Waals surface area contributed by atoms with Crippen LogP contribution in [-0.2, 0) is 22.4 Å². The van der Waals surface area contributed by atoms with E-state index in [-0.39, 0.29) is 12.1 Å². The van der Waals surface area contributed by atoms with Gasteiger partial charge in [0, 0.05) is 6.54 Å². The van der Waals surface area contributed by atoms with E-state index in [1.54, 1.807) is 0 Å². The average Bonchev–Trinajstić information content (AvgIpc) is 2.35. The average molecular weight is 277 g/mol. The Morgan fingerprint density at radius 2 is 2.20 bits per heavy atom. The van der Waals surface area contributed by atoms with Crippen LogP contribution in [0.15, 0.2) is 18.2 Å². The molecule has 0 saturated heterocycles. The molecule has 0 saturated carbocycles. The highest BCUT2D eigenvalue weighted by Gasteiger charge is 2.20. The first-order valence-corrected chi connectivity index (χ1v) is 7.08. The Morgan fingerprint density at radius 1 is 1.45 bits per heavy atom. The largest absolute Gasteiger partial charge is 0.489 e. The Hall–Kier alpha value is -1.55. The van der Waals surface area contributed by atoms with E-state index in [4.69, 9.17) is 15.2 Å². The fourth-order valence-electron chi connectivity index (χ4n) is 2.32. The molecular weight excluding hydrogens is 254 g/mol. The molecule has 0 unspecified atom stereocenters. The fraction of sp³-hybridized carbons (Fsp3) is 0.562. The van der Waals surface area contributed by atoms with E-state index in [2.05, 4.69) is 0 Å². The molecule has 0 radical (unpaired) electrons. The molecule has 0 aliphatic carbocycles. The molecule has 0 spiro atoms. The van der Waals surface area contributed by atoms with Crippen molar-refractivity contribution in [1.82, 2.24) is 0 Å². The lowest BCUT2D eigenvalue weighted by molar-refractivity contribution is -0.153. The summed E-state index contributed by atoms with van der Waals surface area (Å²) < 4.78 is 11.1. The number of carbonyl (C=O) groups is 1. The third-order valence-electron chi connectivity index (χ3n) is 3.19. The second kappa shape index (κ2) is 5.83. The number of esters is 1. The quantitative estimate of drug-likeness (QED) is 0.861. The number of nitrogens with two attached hydrogens (primary N) is 1. The van der Waals surface area contributed by atoms with Gasteiger partial charge in [-0.2, -0.15) is 0 Å². The molecule has 4 nitrogen and oxygen atoms in total. The highest BCUT2D eigenvalue weighted by atomic mass is 16.6. The zero-order valence-corrected chi connectivity index (χ0v) is 12.4. The molecule has 20 heavy (non-hydrogen) atoms. The number of rotatable bonds is 3. The van der Waals surface area contributed by atoms with E-state index in [0.29, 0.717) is 13.0 Å². The van der Waals surface area contributed by atoms with E-state index >= 15 is 0 Å². The minimum atomic E-state index is -0.442. The van der Waals surface area contributed by atoms with E-state index in [1.807, 2.05) is 39.0 Å². The monoisotopic (exact) mass is 277 g/mol. The normalized spacial score (nSPS) is 18.1. The van der Waals surface area contributed by atoms with Gasteiger partial charge < -0.3 is 15.2 Å². The van der Waals surface area contributed by atoms with Crippen molar-refractivity contribution in [2.24, 2.45) is 5.73 Å². The van der Waals surface area contributed by atoms with Crippen molar-refractivity contribution in [3.63, 3.8) is 0 Å².